The van der Waals surface area contributed by atoms with Gasteiger partial charge in [-0.3, -0.25) is 4.57 Å². The molecule has 2 rings (SSSR count). The van der Waals surface area contributed by atoms with Crippen LogP contribution in [-0.4, -0.2) is 46.2 Å². The summed E-state index contributed by atoms with van der Waals surface area (Å²) < 4.78 is 48.9. The van der Waals surface area contributed by atoms with Crippen molar-refractivity contribution in [3.8, 4) is 0 Å². The minimum Gasteiger partial charge on any atom is -0.312 e. The molecule has 1 unspecified atom stereocenters. The van der Waals surface area contributed by atoms with E-state index in [1.165, 1.54) is 18.5 Å². The van der Waals surface area contributed by atoms with E-state index in [1.807, 2.05) is 6.92 Å². The topological polar surface area (TPSA) is 72.9 Å². The molecule has 0 aromatic heterocycles. The highest BCUT2D eigenvalue weighted by Crippen LogP contribution is 2.50. The summed E-state index contributed by atoms with van der Waals surface area (Å²) in [6, 6.07) is 6.71. The normalized spacial score (nSPS) is 20.1. The minimum absolute atomic E-state index is 0.124. The van der Waals surface area contributed by atoms with Gasteiger partial charge in [-0.25, -0.2) is 8.42 Å². The Morgan fingerprint density at radius 2 is 1.83 bits per heavy atom. The van der Waals surface area contributed by atoms with Gasteiger partial charge in [-0.15, -0.1) is 0 Å². The molecule has 0 saturated carbocycles. The average Bonchev–Trinajstić information content (AvgIpc) is 2.89. The average molecular weight is 359 g/mol. The van der Waals surface area contributed by atoms with Crippen LogP contribution in [0.5, 0.6) is 0 Å². The molecule has 6 nitrogen and oxygen atoms in total. The first-order valence-corrected chi connectivity index (χ1v) is 10.3. The second-order valence-electron chi connectivity index (χ2n) is 5.62. The van der Waals surface area contributed by atoms with E-state index in [0.717, 1.165) is 11.1 Å². The minimum atomic E-state index is -3.59. The van der Waals surface area contributed by atoms with Gasteiger partial charge in [0.2, 0.25) is 10.0 Å². The van der Waals surface area contributed by atoms with Crippen molar-refractivity contribution in [3.05, 3.63) is 42.0 Å². The molecule has 0 aliphatic carbocycles. The molecular weight excluding hydrogens is 337 g/mol. The summed E-state index contributed by atoms with van der Waals surface area (Å²) in [5, 5.41) is 0. The van der Waals surface area contributed by atoms with Crippen LogP contribution in [0, 0.1) is 12.8 Å². The molecule has 1 aromatic rings. The largest absolute Gasteiger partial charge is 0.330 e. The van der Waals surface area contributed by atoms with Gasteiger partial charge >= 0.3 is 7.60 Å². The highest BCUT2D eigenvalue weighted by molar-refractivity contribution is 7.89. The number of benzene rings is 1. The molecule has 1 aliphatic rings. The van der Waals surface area contributed by atoms with Gasteiger partial charge < -0.3 is 9.05 Å². The molecule has 0 radical (unpaired) electrons. The third-order valence-corrected chi connectivity index (χ3v) is 7.87. The zero-order chi connectivity index (χ0) is 17.3. The van der Waals surface area contributed by atoms with Crippen molar-refractivity contribution < 1.29 is 22.0 Å². The predicted molar refractivity (Wildman–Crippen MR) is 89.1 cm³/mol. The van der Waals surface area contributed by atoms with E-state index in [1.54, 1.807) is 24.3 Å². The molecule has 0 spiro atoms. The number of rotatable bonds is 6. The van der Waals surface area contributed by atoms with Crippen LogP contribution in [0.15, 0.2) is 41.3 Å². The Morgan fingerprint density at radius 3 is 2.35 bits per heavy atom. The maximum absolute atomic E-state index is 12.7. The zero-order valence-corrected chi connectivity index (χ0v) is 15.3. The predicted octanol–water partition coefficient (Wildman–Crippen LogP) is 2.66. The summed E-state index contributed by atoms with van der Waals surface area (Å²) in [6.45, 7) is 6.27. The van der Waals surface area contributed by atoms with Gasteiger partial charge in [0.15, 0.2) is 0 Å². The van der Waals surface area contributed by atoms with E-state index in [0.29, 0.717) is 0 Å². The molecule has 0 amide bonds. The summed E-state index contributed by atoms with van der Waals surface area (Å²) in [4.78, 5) is 0.248. The van der Waals surface area contributed by atoms with Crippen molar-refractivity contribution in [2.45, 2.75) is 11.8 Å². The summed E-state index contributed by atoms with van der Waals surface area (Å²) in [6.07, 6.45) is 0.124. The molecule has 0 N–H and O–H groups in total. The number of hydrogen-bond acceptors (Lipinski definition) is 5. The SMILES string of the molecule is C=C1CN(S(=O)(=O)c2ccc(C)cc2)CC1CP(=O)(OC)OC. The fraction of sp³-hybridized carbons (Fsp3) is 0.467. The second-order valence-corrected chi connectivity index (χ2v) is 9.88. The maximum atomic E-state index is 12.7. The Hall–Kier alpha value is -0.980. The smallest absolute Gasteiger partial charge is 0.312 e. The van der Waals surface area contributed by atoms with Gasteiger partial charge in [0, 0.05) is 33.2 Å². The first kappa shape index (κ1) is 18.4. The van der Waals surface area contributed by atoms with E-state index in [9.17, 15) is 13.0 Å². The number of aryl methyl sites for hydroxylation is 1. The van der Waals surface area contributed by atoms with Crippen molar-refractivity contribution >= 4 is 17.6 Å². The molecular formula is C15H22NO5PS. The van der Waals surface area contributed by atoms with Gasteiger partial charge in [-0.2, -0.15) is 4.31 Å². The van der Waals surface area contributed by atoms with Gasteiger partial charge in [0.1, 0.15) is 0 Å². The standard InChI is InChI=1S/C15H22NO5PS/c1-12-5-7-15(8-6-12)23(18,19)16-9-13(2)14(10-16)11-22(17,20-3)21-4/h5-8,14H,2,9-11H2,1,3-4H3. The Labute approximate surface area is 137 Å². The zero-order valence-electron chi connectivity index (χ0n) is 13.6. The lowest BCUT2D eigenvalue weighted by Crippen LogP contribution is -2.29. The third kappa shape index (κ3) is 3.92. The first-order valence-electron chi connectivity index (χ1n) is 7.17. The van der Waals surface area contributed by atoms with Gasteiger partial charge in [-0.1, -0.05) is 29.8 Å². The highest BCUT2D eigenvalue weighted by atomic mass is 32.2. The molecule has 128 valence electrons. The molecule has 1 aliphatic heterocycles. The van der Waals surface area contributed by atoms with E-state index in [-0.39, 0.29) is 30.1 Å². The second kappa shape index (κ2) is 6.87. The van der Waals surface area contributed by atoms with Gasteiger partial charge in [-0.05, 0) is 19.1 Å². The fourth-order valence-corrected chi connectivity index (χ4v) is 5.37. The van der Waals surface area contributed by atoms with Crippen molar-refractivity contribution in [2.24, 2.45) is 5.92 Å². The van der Waals surface area contributed by atoms with Crippen LogP contribution < -0.4 is 0 Å². The van der Waals surface area contributed by atoms with Crippen molar-refractivity contribution in [2.75, 3.05) is 33.5 Å². The molecule has 1 saturated heterocycles. The molecule has 8 heteroatoms. The molecule has 23 heavy (non-hydrogen) atoms. The van der Waals surface area contributed by atoms with E-state index >= 15 is 0 Å². The molecule has 1 fully saturated rings. The summed E-state index contributed by atoms with van der Waals surface area (Å²) in [5.74, 6) is -0.249. The Morgan fingerprint density at radius 1 is 1.26 bits per heavy atom. The van der Waals surface area contributed by atoms with Crippen LogP contribution in [0.4, 0.5) is 0 Å². The number of hydrogen-bond donors (Lipinski definition) is 0. The van der Waals surface area contributed by atoms with Crippen LogP contribution in [0.25, 0.3) is 0 Å². The molecule has 1 atom stereocenters. The van der Waals surface area contributed by atoms with Crippen molar-refractivity contribution in [1.29, 1.82) is 0 Å². The quantitative estimate of drug-likeness (QED) is 0.577. The maximum Gasteiger partial charge on any atom is 0.330 e. The van der Waals surface area contributed by atoms with Crippen LogP contribution in [-0.2, 0) is 23.6 Å². The van der Waals surface area contributed by atoms with Crippen LogP contribution in [0.1, 0.15) is 5.56 Å². The van der Waals surface area contributed by atoms with E-state index in [2.05, 4.69) is 6.58 Å². The monoisotopic (exact) mass is 359 g/mol. The fourth-order valence-electron chi connectivity index (χ4n) is 2.52. The number of sulfonamides is 1. The molecule has 1 heterocycles. The van der Waals surface area contributed by atoms with Crippen molar-refractivity contribution in [1.82, 2.24) is 4.31 Å². The van der Waals surface area contributed by atoms with Crippen molar-refractivity contribution in [3.63, 3.8) is 0 Å². The number of nitrogens with zero attached hydrogens (tertiary/aromatic N) is 1. The highest BCUT2D eigenvalue weighted by Gasteiger charge is 2.38. The molecule has 1 aromatic carbocycles. The lowest BCUT2D eigenvalue weighted by atomic mass is 10.1. The Bertz CT molecular complexity index is 721. The first-order chi connectivity index (χ1) is 10.7. The summed E-state index contributed by atoms with van der Waals surface area (Å²) in [7, 11) is -4.15. The van der Waals surface area contributed by atoms with Gasteiger partial charge in [0.25, 0.3) is 0 Å². The van der Waals surface area contributed by atoms with E-state index < -0.39 is 17.6 Å². The third-order valence-electron chi connectivity index (χ3n) is 4.04. The van der Waals surface area contributed by atoms with Crippen LogP contribution in [0.3, 0.4) is 0 Å². The Kier molecular flexibility index (Phi) is 5.48. The van der Waals surface area contributed by atoms with Crippen LogP contribution in [0.2, 0.25) is 0 Å². The summed E-state index contributed by atoms with van der Waals surface area (Å²) >= 11 is 0. The lowest BCUT2D eigenvalue weighted by Gasteiger charge is -2.19. The summed E-state index contributed by atoms with van der Waals surface area (Å²) in [5.41, 5.74) is 1.71. The molecule has 0 bridgehead atoms. The lowest BCUT2D eigenvalue weighted by molar-refractivity contribution is 0.271. The van der Waals surface area contributed by atoms with Crippen LogP contribution >= 0.6 is 7.60 Å². The van der Waals surface area contributed by atoms with Gasteiger partial charge in [0.05, 0.1) is 11.1 Å². The Balaban J connectivity index is 2.19. The van der Waals surface area contributed by atoms with E-state index in [4.69, 9.17) is 9.05 Å².